The summed E-state index contributed by atoms with van der Waals surface area (Å²) < 4.78 is 22.4. The zero-order valence-corrected chi connectivity index (χ0v) is 14.5. The Morgan fingerprint density at radius 1 is 1.04 bits per heavy atom. The highest BCUT2D eigenvalue weighted by Crippen LogP contribution is 2.17. The molecule has 0 aromatic heterocycles. The van der Waals surface area contributed by atoms with Gasteiger partial charge in [0.2, 0.25) is 10.0 Å². The van der Waals surface area contributed by atoms with Gasteiger partial charge in [-0.25, -0.2) is 18.4 Å². The normalized spacial score (nSPS) is 11.0. The Kier molecular flexibility index (Phi) is 5.97. The summed E-state index contributed by atoms with van der Waals surface area (Å²) in [5.74, 6) is 0. The van der Waals surface area contributed by atoms with Crippen LogP contribution in [0.5, 0.6) is 0 Å². The van der Waals surface area contributed by atoms with Gasteiger partial charge in [-0.2, -0.15) is 0 Å². The summed E-state index contributed by atoms with van der Waals surface area (Å²) >= 11 is 0. The van der Waals surface area contributed by atoms with E-state index in [2.05, 4.69) is 10.6 Å². The van der Waals surface area contributed by atoms with E-state index in [0.717, 1.165) is 5.69 Å². The first-order chi connectivity index (χ1) is 11.8. The Balaban J connectivity index is 1.96. The number of nitrogens with two attached hydrogens (primary N) is 1. The number of carbonyl (C=O) groups excluding carboxylic acids is 1. The summed E-state index contributed by atoms with van der Waals surface area (Å²) in [6.45, 7) is 0.574. The summed E-state index contributed by atoms with van der Waals surface area (Å²) in [7, 11) is -1.90. The maximum atomic E-state index is 12.0. The minimum absolute atomic E-state index is 0.0268. The first kappa shape index (κ1) is 18.7. The lowest BCUT2D eigenvalue weighted by Crippen LogP contribution is -2.21. The molecule has 2 amide bonds. The molecule has 0 aliphatic rings. The highest BCUT2D eigenvalue weighted by molar-refractivity contribution is 7.89. The number of hydrogen-bond acceptors (Lipinski definition) is 5. The number of nitrogens with one attached hydrogen (secondary N) is 2. The van der Waals surface area contributed by atoms with E-state index in [1.165, 1.54) is 24.3 Å². The second kappa shape index (κ2) is 7.97. The van der Waals surface area contributed by atoms with Crippen molar-refractivity contribution in [3.8, 4) is 0 Å². The van der Waals surface area contributed by atoms with Crippen LogP contribution in [0.15, 0.2) is 53.4 Å². The molecule has 5 N–H and O–H groups in total. The third kappa shape index (κ3) is 5.45. The van der Waals surface area contributed by atoms with E-state index in [9.17, 15) is 13.2 Å². The van der Waals surface area contributed by atoms with Crippen molar-refractivity contribution < 1.29 is 18.3 Å². The molecular weight excluding hydrogens is 344 g/mol. The number of carbonyl (C=O) groups is 1. The summed E-state index contributed by atoms with van der Waals surface area (Å²) in [5, 5.41) is 19.2. The van der Waals surface area contributed by atoms with Gasteiger partial charge in [0.1, 0.15) is 0 Å². The maximum Gasteiger partial charge on any atom is 0.323 e. The van der Waals surface area contributed by atoms with Gasteiger partial charge in [-0.15, -0.1) is 0 Å². The molecule has 0 aliphatic carbocycles. The molecule has 0 spiro atoms. The maximum absolute atomic E-state index is 12.0. The third-order valence-corrected chi connectivity index (χ3v) is 4.37. The molecule has 0 fully saturated rings. The average Bonchev–Trinajstić information content (AvgIpc) is 2.55. The summed E-state index contributed by atoms with van der Waals surface area (Å²) in [5.41, 5.74) is 1.95. The fourth-order valence-electron chi connectivity index (χ4n) is 2.10. The molecule has 0 heterocycles. The number of hydrogen-bond donors (Lipinski definition) is 4. The number of urea groups is 1. The van der Waals surface area contributed by atoms with Crippen molar-refractivity contribution in [3.63, 3.8) is 0 Å². The Morgan fingerprint density at radius 2 is 1.52 bits per heavy atom. The van der Waals surface area contributed by atoms with Crippen LogP contribution in [0.2, 0.25) is 0 Å². The Labute approximate surface area is 146 Å². The smallest absolute Gasteiger partial charge is 0.323 e. The molecule has 25 heavy (non-hydrogen) atoms. The Bertz CT molecular complexity index is 820. The molecule has 2 aromatic rings. The number of anilines is 3. The summed E-state index contributed by atoms with van der Waals surface area (Å²) in [6.07, 6.45) is 0. The molecule has 0 bridgehead atoms. The molecule has 2 rings (SSSR count). The fraction of sp³-hybridized carbons (Fsp3) is 0.188. The van der Waals surface area contributed by atoms with Crippen LogP contribution < -0.4 is 20.7 Å². The molecule has 134 valence electrons. The van der Waals surface area contributed by atoms with Gasteiger partial charge in [0.05, 0.1) is 11.5 Å². The topological polar surface area (TPSA) is 125 Å². The monoisotopic (exact) mass is 364 g/mol. The van der Waals surface area contributed by atoms with E-state index in [0.29, 0.717) is 17.9 Å². The van der Waals surface area contributed by atoms with E-state index < -0.39 is 16.1 Å². The van der Waals surface area contributed by atoms with Crippen LogP contribution >= 0.6 is 0 Å². The Morgan fingerprint density at radius 3 is 1.96 bits per heavy atom. The lowest BCUT2D eigenvalue weighted by Gasteiger charge is -2.18. The number of aliphatic hydroxyl groups excluding tert-OH is 1. The highest BCUT2D eigenvalue weighted by atomic mass is 32.2. The third-order valence-electron chi connectivity index (χ3n) is 3.44. The number of likely N-dealkylation sites (N-methyl/N-ethyl adjacent to an activating group) is 1. The van der Waals surface area contributed by atoms with Gasteiger partial charge in [-0.1, -0.05) is 0 Å². The van der Waals surface area contributed by atoms with Crippen LogP contribution in [0.1, 0.15) is 0 Å². The van der Waals surface area contributed by atoms with Gasteiger partial charge < -0.3 is 20.6 Å². The van der Waals surface area contributed by atoms with Crippen molar-refractivity contribution in [2.75, 3.05) is 35.7 Å². The van der Waals surface area contributed by atoms with Crippen LogP contribution in [0, 0.1) is 0 Å². The number of primary sulfonamides is 1. The van der Waals surface area contributed by atoms with Crippen molar-refractivity contribution in [3.05, 3.63) is 48.5 Å². The molecule has 0 radical (unpaired) electrons. The van der Waals surface area contributed by atoms with Crippen molar-refractivity contribution in [1.29, 1.82) is 0 Å². The predicted molar refractivity (Wildman–Crippen MR) is 97.3 cm³/mol. The van der Waals surface area contributed by atoms with E-state index in [1.807, 2.05) is 24.1 Å². The molecular formula is C16H20N4O4S. The van der Waals surface area contributed by atoms with Crippen LogP contribution in [0.4, 0.5) is 21.9 Å². The fourth-order valence-corrected chi connectivity index (χ4v) is 2.62. The van der Waals surface area contributed by atoms with Gasteiger partial charge in [0, 0.05) is 30.7 Å². The van der Waals surface area contributed by atoms with Crippen molar-refractivity contribution in [2.24, 2.45) is 5.14 Å². The lowest BCUT2D eigenvalue weighted by molar-refractivity contribution is 0.262. The van der Waals surface area contributed by atoms with Gasteiger partial charge in [0.25, 0.3) is 0 Å². The van der Waals surface area contributed by atoms with Crippen LogP contribution in [0.3, 0.4) is 0 Å². The number of amides is 2. The van der Waals surface area contributed by atoms with Gasteiger partial charge in [-0.3, -0.25) is 0 Å². The van der Waals surface area contributed by atoms with Crippen LogP contribution in [-0.4, -0.2) is 39.8 Å². The number of aliphatic hydroxyl groups is 1. The molecule has 9 heteroatoms. The van der Waals surface area contributed by atoms with Crippen LogP contribution in [0.25, 0.3) is 0 Å². The quantitative estimate of drug-likeness (QED) is 0.617. The zero-order valence-electron chi connectivity index (χ0n) is 13.6. The average molecular weight is 364 g/mol. The first-order valence-electron chi connectivity index (χ1n) is 7.42. The molecule has 2 aromatic carbocycles. The molecule has 0 atom stereocenters. The van der Waals surface area contributed by atoms with E-state index in [-0.39, 0.29) is 11.5 Å². The minimum Gasteiger partial charge on any atom is -0.395 e. The van der Waals surface area contributed by atoms with E-state index >= 15 is 0 Å². The molecule has 0 aliphatic heterocycles. The SMILES string of the molecule is CN(CCO)c1ccc(NC(=O)Nc2ccc(S(N)(=O)=O)cc2)cc1. The number of rotatable bonds is 6. The molecule has 0 saturated carbocycles. The summed E-state index contributed by atoms with van der Waals surface area (Å²) in [4.78, 5) is 13.8. The molecule has 8 nitrogen and oxygen atoms in total. The van der Waals surface area contributed by atoms with Crippen molar-refractivity contribution in [2.45, 2.75) is 4.90 Å². The Hall–Kier alpha value is -2.62. The predicted octanol–water partition coefficient (Wildman–Crippen LogP) is 1.41. The summed E-state index contributed by atoms with van der Waals surface area (Å²) in [6, 6.07) is 12.2. The standard InChI is InChI=1S/C16H20N4O4S/c1-20(10-11-21)14-6-2-12(3-7-14)18-16(22)19-13-4-8-15(9-5-13)25(17,23)24/h2-9,21H,10-11H2,1H3,(H2,17,23,24)(H2,18,19,22). The second-order valence-corrected chi connectivity index (χ2v) is 6.90. The molecule has 0 saturated heterocycles. The second-order valence-electron chi connectivity index (χ2n) is 5.34. The van der Waals surface area contributed by atoms with Gasteiger partial charge in [0.15, 0.2) is 0 Å². The largest absolute Gasteiger partial charge is 0.395 e. The van der Waals surface area contributed by atoms with Crippen molar-refractivity contribution >= 4 is 33.1 Å². The van der Waals surface area contributed by atoms with E-state index in [4.69, 9.17) is 10.2 Å². The molecule has 0 unspecified atom stereocenters. The number of sulfonamides is 1. The van der Waals surface area contributed by atoms with Gasteiger partial charge in [-0.05, 0) is 48.5 Å². The lowest BCUT2D eigenvalue weighted by atomic mass is 10.2. The minimum atomic E-state index is -3.76. The first-order valence-corrected chi connectivity index (χ1v) is 8.97. The van der Waals surface area contributed by atoms with Crippen LogP contribution in [-0.2, 0) is 10.0 Å². The number of nitrogens with zero attached hydrogens (tertiary/aromatic N) is 1. The number of benzene rings is 2. The highest BCUT2D eigenvalue weighted by Gasteiger charge is 2.08. The van der Waals surface area contributed by atoms with Gasteiger partial charge >= 0.3 is 6.03 Å². The van der Waals surface area contributed by atoms with E-state index in [1.54, 1.807) is 12.1 Å². The van der Waals surface area contributed by atoms with Crippen molar-refractivity contribution in [1.82, 2.24) is 0 Å². The zero-order chi connectivity index (χ0) is 18.4.